The molecule has 0 amide bonds. The first kappa shape index (κ1) is 18.2. The third-order valence-corrected chi connectivity index (χ3v) is 5.17. The molecule has 0 saturated carbocycles. The molecule has 25 heavy (non-hydrogen) atoms. The van der Waals surface area contributed by atoms with E-state index in [1.165, 1.54) is 21.4 Å². The molecular formula is C20H27ClN3O+. The van der Waals surface area contributed by atoms with Gasteiger partial charge in [-0.2, -0.15) is 0 Å². The van der Waals surface area contributed by atoms with Crippen LogP contribution in [0, 0.1) is 0 Å². The number of aryl methyl sites for hydroxylation is 2. The number of aromatic nitrogens is 1. The molecule has 2 N–H and O–H groups in total. The molecule has 1 aliphatic carbocycles. The average molecular weight is 361 g/mol. The zero-order chi connectivity index (χ0) is 17.8. The van der Waals surface area contributed by atoms with Crippen molar-refractivity contribution in [1.82, 2.24) is 10.2 Å². The molecule has 4 rings (SSSR count). The smallest absolute Gasteiger partial charge is 0.258 e. The quantitative estimate of drug-likeness (QED) is 0.606. The number of hydrogen-bond acceptors (Lipinski definition) is 3. The second kappa shape index (κ2) is 8.17. The van der Waals surface area contributed by atoms with Crippen molar-refractivity contribution in [2.24, 2.45) is 0 Å². The van der Waals surface area contributed by atoms with Gasteiger partial charge in [-0.15, -0.1) is 0 Å². The van der Waals surface area contributed by atoms with Crippen molar-refractivity contribution in [3.8, 4) is 0 Å². The predicted molar refractivity (Wildman–Crippen MR) is 100 cm³/mol. The Morgan fingerprint density at radius 1 is 1.12 bits per heavy atom. The van der Waals surface area contributed by atoms with Gasteiger partial charge in [0.1, 0.15) is 6.04 Å². The summed E-state index contributed by atoms with van der Waals surface area (Å²) in [7, 11) is 0. The van der Waals surface area contributed by atoms with Gasteiger partial charge < -0.3 is 5.32 Å². The van der Waals surface area contributed by atoms with E-state index in [0.717, 1.165) is 49.7 Å². The number of nitrogens with zero attached hydrogens (tertiary/aromatic N) is 2. The normalized spacial score (nSPS) is 19.9. The summed E-state index contributed by atoms with van der Waals surface area (Å²) in [6.07, 6.45) is 3.61. The summed E-state index contributed by atoms with van der Waals surface area (Å²) >= 11 is 6.23. The van der Waals surface area contributed by atoms with Crippen molar-refractivity contribution in [3.63, 3.8) is 0 Å². The number of rotatable bonds is 1. The maximum absolute atomic E-state index is 10.5. The maximum Gasteiger partial charge on any atom is 0.258 e. The third-order valence-electron chi connectivity index (χ3n) is 4.94. The minimum absolute atomic E-state index is 0.0769. The fourth-order valence-corrected chi connectivity index (χ4v) is 4.04. The summed E-state index contributed by atoms with van der Waals surface area (Å²) in [5.41, 5.74) is 4.77. The molecule has 2 heterocycles. The number of hydrogen-bond donors (Lipinski definition) is 2. The van der Waals surface area contributed by atoms with Crippen LogP contribution in [0.15, 0.2) is 36.5 Å². The number of halogens is 1. The van der Waals surface area contributed by atoms with Gasteiger partial charge in [0.05, 0.1) is 0 Å². The Labute approximate surface area is 155 Å². The minimum atomic E-state index is 0.0769. The molecule has 2 aliphatic rings. The van der Waals surface area contributed by atoms with Crippen LogP contribution < -0.4 is 10.0 Å². The monoisotopic (exact) mass is 360 g/mol. The Morgan fingerprint density at radius 3 is 2.60 bits per heavy atom. The van der Waals surface area contributed by atoms with Crippen molar-refractivity contribution in [2.75, 3.05) is 26.2 Å². The number of piperazine rings is 1. The van der Waals surface area contributed by atoms with Crippen LogP contribution in [0.25, 0.3) is 0 Å². The highest BCUT2D eigenvalue weighted by molar-refractivity contribution is 6.30. The van der Waals surface area contributed by atoms with E-state index in [1.807, 2.05) is 26.0 Å². The molecule has 2 aromatic rings. The molecule has 1 fully saturated rings. The van der Waals surface area contributed by atoms with Gasteiger partial charge in [-0.1, -0.05) is 31.5 Å². The molecule has 0 bridgehead atoms. The first-order valence-corrected chi connectivity index (χ1v) is 9.57. The molecule has 1 aromatic heterocycles. The fraction of sp³-hybridized carbons (Fsp3) is 0.450. The summed E-state index contributed by atoms with van der Waals surface area (Å²) in [6.45, 7) is 7.90. The van der Waals surface area contributed by atoms with E-state index >= 15 is 0 Å². The molecule has 0 radical (unpaired) electrons. The summed E-state index contributed by atoms with van der Waals surface area (Å²) in [4.78, 5) is 2.46. The lowest BCUT2D eigenvalue weighted by Gasteiger charge is -2.33. The average Bonchev–Trinajstić information content (AvgIpc) is 2.82. The highest BCUT2D eigenvalue weighted by atomic mass is 35.5. The zero-order valence-corrected chi connectivity index (χ0v) is 15.8. The molecule has 1 atom stereocenters. The second-order valence-corrected chi connectivity index (χ2v) is 6.73. The molecule has 1 aliphatic heterocycles. The van der Waals surface area contributed by atoms with E-state index in [9.17, 15) is 5.21 Å². The van der Waals surface area contributed by atoms with Gasteiger partial charge in [-0.3, -0.25) is 10.1 Å². The summed E-state index contributed by atoms with van der Waals surface area (Å²) in [5.74, 6) is 0. The molecule has 4 nitrogen and oxygen atoms in total. The lowest BCUT2D eigenvalue weighted by molar-refractivity contribution is -0.911. The Bertz CT molecular complexity index is 729. The van der Waals surface area contributed by atoms with Gasteiger partial charge in [-0.05, 0) is 42.2 Å². The molecule has 1 unspecified atom stereocenters. The van der Waals surface area contributed by atoms with Gasteiger partial charge >= 0.3 is 0 Å². The second-order valence-electron chi connectivity index (χ2n) is 6.29. The molecule has 1 aromatic carbocycles. The van der Waals surface area contributed by atoms with Crippen LogP contribution in [-0.4, -0.2) is 36.3 Å². The lowest BCUT2D eigenvalue weighted by atomic mass is 9.96. The molecular weight excluding hydrogens is 334 g/mol. The van der Waals surface area contributed by atoms with Crippen molar-refractivity contribution in [3.05, 3.63) is 63.9 Å². The van der Waals surface area contributed by atoms with Crippen LogP contribution in [0.4, 0.5) is 0 Å². The van der Waals surface area contributed by atoms with Crippen LogP contribution in [0.5, 0.6) is 0 Å². The summed E-state index contributed by atoms with van der Waals surface area (Å²) in [5, 5.41) is 14.7. The van der Waals surface area contributed by atoms with Gasteiger partial charge in [-0.25, -0.2) is 0 Å². The lowest BCUT2D eigenvalue weighted by Crippen LogP contribution is -2.49. The van der Waals surface area contributed by atoms with Crippen LogP contribution in [0.1, 0.15) is 42.3 Å². The van der Waals surface area contributed by atoms with E-state index in [2.05, 4.69) is 28.4 Å². The Balaban J connectivity index is 0.000000880. The van der Waals surface area contributed by atoms with Crippen LogP contribution in [0.2, 0.25) is 5.02 Å². The van der Waals surface area contributed by atoms with Gasteiger partial charge in [0.2, 0.25) is 6.20 Å². The van der Waals surface area contributed by atoms with Crippen LogP contribution in [-0.2, 0) is 12.8 Å². The predicted octanol–water partition coefficient (Wildman–Crippen LogP) is 2.98. The number of benzene rings is 1. The zero-order valence-electron chi connectivity index (χ0n) is 15.0. The standard InChI is InChI=1S/C18H21ClN3O.C2H6/c19-15-5-6-16-14(12-15)4-3-13-2-1-9-22(23)17(13)18(16)21-10-7-20-8-11-21;1-2/h1-2,5-6,9,12,18,20,23H,3-4,7-8,10-11H2;1-2H3/q+1;. The van der Waals surface area contributed by atoms with Crippen molar-refractivity contribution >= 4 is 11.6 Å². The Hall–Kier alpha value is -1.62. The fourth-order valence-electron chi connectivity index (χ4n) is 3.85. The van der Waals surface area contributed by atoms with Gasteiger partial charge in [0.25, 0.3) is 5.69 Å². The summed E-state index contributed by atoms with van der Waals surface area (Å²) < 4.78 is 1.31. The van der Waals surface area contributed by atoms with E-state index in [4.69, 9.17) is 11.6 Å². The first-order valence-electron chi connectivity index (χ1n) is 9.20. The van der Waals surface area contributed by atoms with E-state index in [0.29, 0.717) is 0 Å². The van der Waals surface area contributed by atoms with E-state index in [1.54, 1.807) is 6.20 Å². The highest BCUT2D eigenvalue weighted by Gasteiger charge is 2.37. The largest absolute Gasteiger partial charge is 0.314 e. The minimum Gasteiger partial charge on any atom is -0.314 e. The van der Waals surface area contributed by atoms with Crippen molar-refractivity contribution in [2.45, 2.75) is 32.7 Å². The molecule has 5 heteroatoms. The molecule has 0 spiro atoms. The number of fused-ring (bicyclic) bond motifs is 2. The number of pyridine rings is 1. The Morgan fingerprint density at radius 2 is 1.84 bits per heavy atom. The van der Waals surface area contributed by atoms with Crippen molar-refractivity contribution in [1.29, 1.82) is 0 Å². The van der Waals surface area contributed by atoms with Crippen LogP contribution in [0.3, 0.4) is 0 Å². The van der Waals surface area contributed by atoms with Gasteiger partial charge in [0, 0.05) is 47.6 Å². The molecule has 134 valence electrons. The number of nitrogens with one attached hydrogen (secondary N) is 1. The SMILES string of the molecule is CC.O[n+]1cccc2c1C(N1CCNCC1)c1ccc(Cl)cc1CC2. The topological polar surface area (TPSA) is 39.4 Å². The molecule has 1 saturated heterocycles. The van der Waals surface area contributed by atoms with E-state index in [-0.39, 0.29) is 6.04 Å². The highest BCUT2D eigenvalue weighted by Crippen LogP contribution is 2.36. The Kier molecular flexibility index (Phi) is 5.94. The maximum atomic E-state index is 10.5. The first-order chi connectivity index (χ1) is 12.2. The van der Waals surface area contributed by atoms with Crippen LogP contribution >= 0.6 is 11.6 Å². The van der Waals surface area contributed by atoms with Crippen molar-refractivity contribution < 1.29 is 9.94 Å². The van der Waals surface area contributed by atoms with E-state index < -0.39 is 0 Å². The summed E-state index contributed by atoms with van der Waals surface area (Å²) in [6, 6.07) is 10.3. The third kappa shape index (κ3) is 3.66. The van der Waals surface area contributed by atoms with Gasteiger partial charge in [0.15, 0.2) is 0 Å².